The number of carbonyl (C=O) groups is 6. The van der Waals surface area contributed by atoms with Gasteiger partial charge in [0.2, 0.25) is 0 Å². The van der Waals surface area contributed by atoms with Gasteiger partial charge in [0, 0.05) is 35.8 Å². The number of aliphatic carboxylic acids is 5. The van der Waals surface area contributed by atoms with Gasteiger partial charge in [-0.05, 0) is 42.9 Å². The summed E-state index contributed by atoms with van der Waals surface area (Å²) in [4.78, 5) is 63.3. The molecule has 0 aliphatic rings. The first-order valence-electron chi connectivity index (χ1n) is 17.8. The fourth-order valence-corrected chi connectivity index (χ4v) is 4.08. The predicted octanol–water partition coefficient (Wildman–Crippen LogP) is -5.72. The van der Waals surface area contributed by atoms with Gasteiger partial charge in [0.05, 0.1) is 13.2 Å². The molecule has 2 aromatic rings. The van der Waals surface area contributed by atoms with Crippen LogP contribution >= 0.6 is 24.4 Å². The number of thioether (sulfide) groups is 1. The monoisotopic (exact) mass is 933 g/mol. The van der Waals surface area contributed by atoms with Crippen LogP contribution in [0.15, 0.2) is 30.5 Å². The van der Waals surface area contributed by atoms with Gasteiger partial charge in [-0.2, -0.15) is 24.4 Å². The Kier molecular flexibility index (Phi) is 39.2. The molecule has 0 saturated carbocycles. The normalized spacial score (nSPS) is 14.5. The van der Waals surface area contributed by atoms with E-state index in [1.807, 2.05) is 36.7 Å². The van der Waals surface area contributed by atoms with E-state index in [-0.39, 0.29) is 18.0 Å². The number of nitrogens with one attached hydrogen (secondary N) is 3. The van der Waals surface area contributed by atoms with Crippen LogP contribution in [0.3, 0.4) is 0 Å². The molecule has 1 heterocycles. The highest BCUT2D eigenvalue weighted by Gasteiger charge is 2.29. The number of para-hydroxylation sites is 1. The molecule has 0 aliphatic heterocycles. The van der Waals surface area contributed by atoms with Gasteiger partial charge in [0.25, 0.3) is 0 Å². The van der Waals surface area contributed by atoms with E-state index >= 15 is 0 Å². The Balaban J connectivity index is -0.000000333. The van der Waals surface area contributed by atoms with Crippen molar-refractivity contribution in [3.05, 3.63) is 36.0 Å². The van der Waals surface area contributed by atoms with Crippen LogP contribution in [-0.2, 0) is 35.2 Å². The summed E-state index contributed by atoms with van der Waals surface area (Å²) in [5.74, 6) is -4.18. The minimum absolute atomic E-state index is 0.0258. The van der Waals surface area contributed by atoms with Gasteiger partial charge >= 0.3 is 29.8 Å². The minimum Gasteiger partial charge on any atom is -0.480 e. The van der Waals surface area contributed by atoms with Crippen molar-refractivity contribution in [1.29, 1.82) is 5.41 Å². The summed E-state index contributed by atoms with van der Waals surface area (Å²) in [5.41, 5.74) is 32.5. The van der Waals surface area contributed by atoms with E-state index in [1.165, 1.54) is 0 Å². The van der Waals surface area contributed by atoms with E-state index in [1.54, 1.807) is 11.8 Å². The molecule has 358 valence electrons. The fraction of sp³-hybridized carbons (Fsp3) is 0.559. The first-order valence-corrected chi connectivity index (χ1v) is 19.9. The zero-order chi connectivity index (χ0) is 49.1. The van der Waals surface area contributed by atoms with Crippen LogP contribution in [-0.4, -0.2) is 195 Å². The summed E-state index contributed by atoms with van der Waals surface area (Å²) < 4.78 is 0. The Morgan fingerprint density at radius 2 is 1.26 bits per heavy atom. The van der Waals surface area contributed by atoms with E-state index in [2.05, 4.69) is 22.9 Å². The average Bonchev–Trinajstić information content (AvgIpc) is 3.65. The third kappa shape index (κ3) is 33.0. The van der Waals surface area contributed by atoms with Crippen molar-refractivity contribution in [3.8, 4) is 0 Å². The molecule has 0 unspecified atom stereocenters. The lowest BCUT2D eigenvalue weighted by molar-refractivity contribution is -0.140. The number of carboxylic acid groups (broad SMARTS) is 5. The number of hydrogen-bond donors (Lipinski definition) is 21. The standard InChI is InChI=1S/C11H12N2O2.C6H14N4O2.C6H12O6.C5H11NO2S.C3H7NO3.C3H7NO2S/c12-9(11(14)15)5-7-6-13-10-4-2-1-3-8(7)10;7-4(5(11)12)2-1-3-10-6(8)9;7-1-3(9)5(11)6(12)4(10)2-8;1-9-3-2-4(6)5(7)8;4-2(1-5)3(6)7;4-2(1-7)3(5)6/h1-4,6,9,13H,5,12H2,(H,14,15);4H,1-3,7H2,(H,11,12)(H4,8,9,10);1,3-6,8-12H,2H2;4H,2-3,6H2,1H3,(H,7,8);2,5H,1,4H2,(H,6,7);2,7H,1,4H2,(H,5,6)/t9-;4-;3-,4+,5+,6+;4-;2*2-/m000000/s1. The molecule has 9 atom stereocenters. The third-order valence-electron chi connectivity index (χ3n) is 7.15. The van der Waals surface area contributed by atoms with Gasteiger partial charge in [-0.3, -0.25) is 29.4 Å². The van der Waals surface area contributed by atoms with Gasteiger partial charge in [0.1, 0.15) is 54.6 Å². The highest BCUT2D eigenvalue weighted by Crippen LogP contribution is 2.18. The minimum atomic E-state index is -1.79. The number of aldehydes is 1. The van der Waals surface area contributed by atoms with Gasteiger partial charge in [-0.1, -0.05) is 18.2 Å². The number of fused-ring (bicyclic) bond motifs is 1. The molecule has 0 bridgehead atoms. The summed E-state index contributed by atoms with van der Waals surface area (Å²) in [6, 6.07) is 3.47. The number of guanidine groups is 1. The lowest BCUT2D eigenvalue weighted by Crippen LogP contribution is -2.46. The molecule has 0 spiro atoms. The first-order chi connectivity index (χ1) is 28.8. The molecule has 0 fully saturated rings. The van der Waals surface area contributed by atoms with E-state index in [4.69, 9.17) is 96.0 Å². The number of hydrogen-bond acceptors (Lipinski definition) is 20. The molecule has 1 aromatic carbocycles. The van der Waals surface area contributed by atoms with Gasteiger partial charge in [0.15, 0.2) is 12.2 Å². The van der Waals surface area contributed by atoms with Crippen LogP contribution in [0.25, 0.3) is 10.9 Å². The number of rotatable bonds is 21. The van der Waals surface area contributed by atoms with Crippen LogP contribution in [0.1, 0.15) is 24.8 Å². The van der Waals surface area contributed by atoms with Crippen LogP contribution < -0.4 is 39.7 Å². The highest BCUT2D eigenvalue weighted by atomic mass is 32.2. The third-order valence-corrected chi connectivity index (χ3v) is 8.19. The molecule has 62 heavy (non-hydrogen) atoms. The van der Waals surface area contributed by atoms with Crippen LogP contribution in [0.4, 0.5) is 0 Å². The van der Waals surface area contributed by atoms with Crippen molar-refractivity contribution in [2.24, 2.45) is 34.4 Å². The van der Waals surface area contributed by atoms with E-state index in [0.717, 1.165) is 22.2 Å². The second kappa shape index (κ2) is 38.0. The Hall–Kier alpha value is -4.69. The molecule has 0 saturated heterocycles. The molecule has 28 heteroatoms. The topological polar surface area (TPSA) is 533 Å². The van der Waals surface area contributed by atoms with E-state index in [0.29, 0.717) is 32.2 Å². The maximum atomic E-state index is 10.6. The summed E-state index contributed by atoms with van der Waals surface area (Å²) in [6.45, 7) is -0.782. The number of aromatic nitrogens is 1. The molecule has 0 amide bonds. The molecule has 0 radical (unpaired) electrons. The number of aliphatic hydroxyl groups excluding tert-OH is 6. The maximum Gasteiger partial charge on any atom is 0.322 e. The number of carbonyl (C=O) groups excluding carboxylic acids is 1. The van der Waals surface area contributed by atoms with Crippen molar-refractivity contribution in [3.63, 3.8) is 0 Å². The van der Waals surface area contributed by atoms with Crippen LogP contribution in [0.5, 0.6) is 0 Å². The molecular weight excluding hydrogens is 871 g/mol. The number of H-pyrrole nitrogens is 1. The summed E-state index contributed by atoms with van der Waals surface area (Å²) in [7, 11) is 0. The van der Waals surface area contributed by atoms with Crippen molar-refractivity contribution >= 4 is 77.4 Å². The largest absolute Gasteiger partial charge is 0.480 e. The Morgan fingerprint density at radius 1 is 0.774 bits per heavy atom. The molecule has 2 rings (SSSR count). The van der Waals surface area contributed by atoms with Crippen molar-refractivity contribution in [1.82, 2.24) is 10.3 Å². The van der Waals surface area contributed by atoms with Gasteiger partial charge in [-0.25, -0.2) is 0 Å². The zero-order valence-electron chi connectivity index (χ0n) is 33.7. The number of nitrogens with two attached hydrogens (primary N) is 6. The van der Waals surface area contributed by atoms with Crippen LogP contribution in [0, 0.1) is 5.41 Å². The second-order valence-corrected chi connectivity index (χ2v) is 13.6. The molecular formula is C34H63N9O17S2. The number of aliphatic hydroxyl groups is 6. The summed E-state index contributed by atoms with van der Waals surface area (Å²) in [6.07, 6.45) is -1.23. The van der Waals surface area contributed by atoms with Gasteiger partial charge in [-0.15, -0.1) is 0 Å². The smallest absolute Gasteiger partial charge is 0.322 e. The molecule has 26 N–H and O–H groups in total. The SMILES string of the molecule is CSCC[C@H](N)C(=O)O.N=C(N)NCCC[C@H](N)C(=O)O.N[C@@H](CO)C(=O)O.N[C@@H](CS)C(=O)O.N[C@@H](Cc1c[nH]c2ccccc12)C(=O)O.O=C[C@H](O)[C@@H](O)[C@H](O)[C@H](O)CO. The number of thiol groups is 1. The Bertz CT molecular complexity index is 1560. The number of aromatic amines is 1. The lowest BCUT2D eigenvalue weighted by atomic mass is 10.0. The summed E-state index contributed by atoms with van der Waals surface area (Å²) >= 11 is 5.25. The second-order valence-electron chi connectivity index (χ2n) is 12.3. The predicted molar refractivity (Wildman–Crippen MR) is 230 cm³/mol. The van der Waals surface area contributed by atoms with Crippen molar-refractivity contribution < 1.29 is 84.9 Å². The molecule has 26 nitrogen and oxygen atoms in total. The average molecular weight is 934 g/mol. The van der Waals surface area contributed by atoms with Crippen molar-refractivity contribution in [2.45, 2.75) is 80.3 Å². The molecule has 1 aromatic heterocycles. The summed E-state index contributed by atoms with van der Waals surface area (Å²) in [5, 5.41) is 103. The Labute approximate surface area is 365 Å². The van der Waals surface area contributed by atoms with E-state index in [9.17, 15) is 28.8 Å². The van der Waals surface area contributed by atoms with Crippen molar-refractivity contribution in [2.75, 3.05) is 37.5 Å². The maximum absolute atomic E-state index is 10.6. The number of carboxylic acids is 5. The first kappa shape index (κ1) is 63.9. The van der Waals surface area contributed by atoms with Gasteiger partial charge < -0.3 is 106 Å². The van der Waals surface area contributed by atoms with E-state index < -0.39 is 97.7 Å². The Morgan fingerprint density at radius 3 is 1.63 bits per heavy atom. The number of benzene rings is 1. The highest BCUT2D eigenvalue weighted by molar-refractivity contribution is 7.98. The quantitative estimate of drug-likeness (QED) is 0.0182. The zero-order valence-corrected chi connectivity index (χ0v) is 35.4. The lowest BCUT2D eigenvalue weighted by Gasteiger charge is -2.22. The molecule has 0 aliphatic carbocycles. The fourth-order valence-electron chi connectivity index (χ4n) is 3.44. The van der Waals surface area contributed by atoms with Crippen LogP contribution in [0.2, 0.25) is 0 Å².